The van der Waals surface area contributed by atoms with Crippen LogP contribution in [0.5, 0.6) is 0 Å². The summed E-state index contributed by atoms with van der Waals surface area (Å²) in [6.45, 7) is -0.357. The highest BCUT2D eigenvalue weighted by molar-refractivity contribution is 7.99. The van der Waals surface area contributed by atoms with Crippen molar-refractivity contribution in [2.45, 2.75) is 43.1 Å². The van der Waals surface area contributed by atoms with Crippen molar-refractivity contribution in [3.63, 3.8) is 0 Å². The molecule has 152 valence electrons. The van der Waals surface area contributed by atoms with Crippen molar-refractivity contribution in [2.75, 3.05) is 19.4 Å². The normalized spacial score (nSPS) is 17.1. The van der Waals surface area contributed by atoms with Crippen molar-refractivity contribution in [3.8, 4) is 0 Å². The summed E-state index contributed by atoms with van der Waals surface area (Å²) in [6, 6.07) is 7.26. The number of nitrogens with zero attached hydrogens (tertiary/aromatic N) is 3. The number of alkyl halides is 3. The van der Waals surface area contributed by atoms with Crippen LogP contribution in [0, 0.1) is 0 Å². The van der Waals surface area contributed by atoms with Crippen LogP contribution in [0.3, 0.4) is 0 Å². The van der Waals surface area contributed by atoms with Crippen LogP contribution in [-0.4, -0.2) is 52.0 Å². The summed E-state index contributed by atoms with van der Waals surface area (Å²) < 4.78 is 44.7. The van der Waals surface area contributed by atoms with E-state index in [4.69, 9.17) is 4.74 Å². The van der Waals surface area contributed by atoms with E-state index in [1.807, 2.05) is 12.1 Å². The van der Waals surface area contributed by atoms with E-state index >= 15 is 0 Å². The van der Waals surface area contributed by atoms with E-state index in [9.17, 15) is 18.0 Å². The van der Waals surface area contributed by atoms with E-state index in [2.05, 4.69) is 4.98 Å². The molecule has 0 radical (unpaired) electrons. The molecule has 28 heavy (non-hydrogen) atoms. The minimum absolute atomic E-state index is 0.00729. The van der Waals surface area contributed by atoms with E-state index < -0.39 is 12.7 Å². The molecule has 0 spiro atoms. The summed E-state index contributed by atoms with van der Waals surface area (Å²) in [7, 11) is 1.57. The molecule has 1 saturated heterocycles. The van der Waals surface area contributed by atoms with E-state index in [0.717, 1.165) is 34.7 Å². The molecular weight excluding hydrogens is 391 g/mol. The van der Waals surface area contributed by atoms with Gasteiger partial charge in [0, 0.05) is 36.7 Å². The van der Waals surface area contributed by atoms with Gasteiger partial charge in [-0.25, -0.2) is 4.98 Å². The van der Waals surface area contributed by atoms with Crippen LogP contribution in [0.1, 0.15) is 29.0 Å². The number of hydrogen-bond acceptors (Lipinski definition) is 4. The predicted octanol–water partition coefficient (Wildman–Crippen LogP) is 3.99. The van der Waals surface area contributed by atoms with E-state index in [-0.39, 0.29) is 24.4 Å². The summed E-state index contributed by atoms with van der Waals surface area (Å²) in [6.07, 6.45) is 0.506. The monoisotopic (exact) mass is 413 g/mol. The highest BCUT2D eigenvalue weighted by atomic mass is 32.2. The number of ether oxygens (including phenoxy) is 1. The number of aromatic nitrogens is 2. The van der Waals surface area contributed by atoms with Gasteiger partial charge in [-0.1, -0.05) is 12.1 Å². The third-order valence-electron chi connectivity index (χ3n) is 4.44. The van der Waals surface area contributed by atoms with Gasteiger partial charge in [-0.05, 0) is 25.0 Å². The third kappa shape index (κ3) is 5.51. The van der Waals surface area contributed by atoms with Crippen LogP contribution in [0.4, 0.5) is 13.2 Å². The third-order valence-corrected chi connectivity index (χ3v) is 5.65. The quantitative estimate of drug-likeness (QED) is 0.644. The van der Waals surface area contributed by atoms with Gasteiger partial charge in [-0.2, -0.15) is 13.2 Å². The predicted molar refractivity (Wildman–Crippen MR) is 100 cm³/mol. The summed E-state index contributed by atoms with van der Waals surface area (Å²) in [5, 5.41) is 0. The number of amides is 1. The standard InChI is InChI=1S/C19H22F3N3O2S/c1-24(11-17-23-8-9-25(17)13-19(20,21)22)18(26)15-6-2-3-7-16(15)28-12-14-5-4-10-27-14/h2-3,6-9,14H,4-5,10-13H2,1H3. The fourth-order valence-electron chi connectivity index (χ4n) is 3.05. The molecule has 1 aliphatic rings. The maximum absolute atomic E-state index is 12.9. The number of rotatable bonds is 7. The summed E-state index contributed by atoms with van der Waals surface area (Å²) >= 11 is 1.57. The zero-order valence-corrected chi connectivity index (χ0v) is 16.3. The Morgan fingerprint density at radius 3 is 2.89 bits per heavy atom. The SMILES string of the molecule is CN(Cc1nccn1CC(F)(F)F)C(=O)c1ccccc1SCC1CCCO1. The molecule has 1 unspecified atom stereocenters. The number of thioether (sulfide) groups is 1. The smallest absolute Gasteiger partial charge is 0.377 e. The first-order valence-corrected chi connectivity index (χ1v) is 9.98. The fraction of sp³-hybridized carbons (Fsp3) is 0.474. The lowest BCUT2D eigenvalue weighted by atomic mass is 10.2. The second kappa shape index (κ2) is 9.00. The summed E-state index contributed by atoms with van der Waals surface area (Å²) in [4.78, 5) is 19.1. The molecule has 1 fully saturated rings. The van der Waals surface area contributed by atoms with Crippen LogP contribution in [0.25, 0.3) is 0 Å². The van der Waals surface area contributed by atoms with Gasteiger partial charge in [0.25, 0.3) is 5.91 Å². The number of hydrogen-bond donors (Lipinski definition) is 0. The molecule has 3 rings (SSSR count). The molecule has 9 heteroatoms. The van der Waals surface area contributed by atoms with Gasteiger partial charge in [0.15, 0.2) is 0 Å². The molecule has 2 heterocycles. The van der Waals surface area contributed by atoms with Gasteiger partial charge in [0.2, 0.25) is 0 Å². The van der Waals surface area contributed by atoms with Crippen molar-refractivity contribution in [1.82, 2.24) is 14.5 Å². The van der Waals surface area contributed by atoms with Gasteiger partial charge in [0.05, 0.1) is 18.2 Å². The molecule has 1 aliphatic heterocycles. The molecule has 0 aliphatic carbocycles. The Kier molecular flexibility index (Phi) is 6.66. The van der Waals surface area contributed by atoms with Crippen LogP contribution < -0.4 is 0 Å². The number of imidazole rings is 1. The van der Waals surface area contributed by atoms with Crippen molar-refractivity contribution in [1.29, 1.82) is 0 Å². The molecule has 0 N–H and O–H groups in total. The van der Waals surface area contributed by atoms with Gasteiger partial charge < -0.3 is 14.2 Å². The molecule has 0 bridgehead atoms. The van der Waals surface area contributed by atoms with Gasteiger partial charge in [0.1, 0.15) is 12.4 Å². The number of benzene rings is 1. The zero-order chi connectivity index (χ0) is 20.1. The maximum Gasteiger partial charge on any atom is 0.406 e. The summed E-state index contributed by atoms with van der Waals surface area (Å²) in [5.41, 5.74) is 0.530. The largest absolute Gasteiger partial charge is 0.406 e. The fourth-order valence-corrected chi connectivity index (χ4v) is 4.16. The van der Waals surface area contributed by atoms with Crippen LogP contribution in [0.15, 0.2) is 41.6 Å². The summed E-state index contributed by atoms with van der Waals surface area (Å²) in [5.74, 6) is 0.707. The second-order valence-corrected chi connectivity index (χ2v) is 7.75. The molecule has 5 nitrogen and oxygen atoms in total. The van der Waals surface area contributed by atoms with E-state index in [1.54, 1.807) is 30.9 Å². The van der Waals surface area contributed by atoms with Gasteiger partial charge in [-0.3, -0.25) is 4.79 Å². The molecule has 1 aromatic heterocycles. The minimum atomic E-state index is -4.34. The number of carbonyl (C=O) groups excluding carboxylic acids is 1. The molecule has 1 aromatic carbocycles. The van der Waals surface area contributed by atoms with Crippen molar-refractivity contribution in [3.05, 3.63) is 48.0 Å². The van der Waals surface area contributed by atoms with Crippen molar-refractivity contribution < 1.29 is 22.7 Å². The Hall–Kier alpha value is -2.00. The Labute approximate surface area is 165 Å². The molecule has 2 aromatic rings. The first-order valence-electron chi connectivity index (χ1n) is 8.99. The topological polar surface area (TPSA) is 47.4 Å². The molecule has 1 amide bonds. The average molecular weight is 413 g/mol. The highest BCUT2D eigenvalue weighted by Gasteiger charge is 2.29. The molecular formula is C19H22F3N3O2S. The zero-order valence-electron chi connectivity index (χ0n) is 15.5. The first kappa shape index (κ1) is 20.7. The Balaban J connectivity index is 1.67. The molecule has 1 atom stereocenters. The van der Waals surface area contributed by atoms with E-state index in [0.29, 0.717) is 5.56 Å². The molecule has 0 saturated carbocycles. The van der Waals surface area contributed by atoms with Crippen molar-refractivity contribution >= 4 is 17.7 Å². The Morgan fingerprint density at radius 2 is 2.18 bits per heavy atom. The van der Waals surface area contributed by atoms with Gasteiger partial charge >= 0.3 is 6.18 Å². The number of halogens is 3. The van der Waals surface area contributed by atoms with Crippen LogP contribution >= 0.6 is 11.8 Å². The van der Waals surface area contributed by atoms with Gasteiger partial charge in [-0.15, -0.1) is 11.8 Å². The van der Waals surface area contributed by atoms with Crippen LogP contribution in [0.2, 0.25) is 0 Å². The Bertz CT molecular complexity index is 804. The lowest BCUT2D eigenvalue weighted by Crippen LogP contribution is -2.29. The second-order valence-electron chi connectivity index (χ2n) is 6.69. The first-order chi connectivity index (χ1) is 13.3. The van der Waals surface area contributed by atoms with E-state index in [1.165, 1.54) is 17.3 Å². The lowest BCUT2D eigenvalue weighted by Gasteiger charge is -2.20. The number of carbonyl (C=O) groups is 1. The highest BCUT2D eigenvalue weighted by Crippen LogP contribution is 2.28. The van der Waals surface area contributed by atoms with Crippen molar-refractivity contribution in [2.24, 2.45) is 0 Å². The minimum Gasteiger partial charge on any atom is -0.377 e. The lowest BCUT2D eigenvalue weighted by molar-refractivity contribution is -0.141. The Morgan fingerprint density at radius 1 is 1.39 bits per heavy atom. The maximum atomic E-state index is 12.9. The average Bonchev–Trinajstić information content (AvgIpc) is 3.31. The van der Waals surface area contributed by atoms with Crippen LogP contribution in [-0.2, 0) is 17.8 Å².